The van der Waals surface area contributed by atoms with Gasteiger partial charge in [-0.3, -0.25) is 9.59 Å². The highest BCUT2D eigenvalue weighted by Gasteiger charge is 2.33. The summed E-state index contributed by atoms with van der Waals surface area (Å²) in [5, 5.41) is 2.06. The summed E-state index contributed by atoms with van der Waals surface area (Å²) in [4.78, 5) is 23.3. The average molecular weight is 369 g/mol. The number of rotatable bonds is 6. The van der Waals surface area contributed by atoms with Gasteiger partial charge in [0.05, 0.1) is 11.3 Å². The van der Waals surface area contributed by atoms with Crippen molar-refractivity contribution >= 4 is 17.6 Å². The SMILES string of the molecule is O=C(COC(=O)CCc1ccccc1F)Nc1ccccc1C(F)(F)F. The first-order valence-electron chi connectivity index (χ1n) is 7.62. The molecule has 138 valence electrons. The van der Waals surface area contributed by atoms with Gasteiger partial charge in [-0.2, -0.15) is 13.2 Å². The molecule has 0 spiro atoms. The third kappa shape index (κ3) is 5.58. The second-order valence-corrected chi connectivity index (χ2v) is 5.34. The van der Waals surface area contributed by atoms with Crippen molar-refractivity contribution in [2.45, 2.75) is 19.0 Å². The number of carbonyl (C=O) groups excluding carboxylic acids is 2. The molecular weight excluding hydrogens is 354 g/mol. The Balaban J connectivity index is 1.84. The number of anilines is 1. The molecule has 0 aliphatic carbocycles. The number of halogens is 4. The minimum atomic E-state index is -4.62. The Labute approximate surface area is 146 Å². The molecule has 2 rings (SSSR count). The molecule has 1 amide bonds. The van der Waals surface area contributed by atoms with E-state index in [9.17, 15) is 27.2 Å². The molecule has 0 saturated heterocycles. The third-order valence-corrected chi connectivity index (χ3v) is 3.43. The molecule has 2 aromatic rings. The van der Waals surface area contributed by atoms with E-state index in [1.165, 1.54) is 30.3 Å². The number of hydrogen-bond acceptors (Lipinski definition) is 3. The predicted octanol–water partition coefficient (Wildman–Crippen LogP) is 3.96. The number of ether oxygens (including phenoxy) is 1. The molecule has 0 aliphatic heterocycles. The van der Waals surface area contributed by atoms with Crippen LogP contribution in [0.4, 0.5) is 23.2 Å². The molecule has 0 atom stereocenters. The van der Waals surface area contributed by atoms with Crippen molar-refractivity contribution in [3.63, 3.8) is 0 Å². The fraction of sp³-hybridized carbons (Fsp3) is 0.222. The Hall–Kier alpha value is -2.90. The number of amides is 1. The normalized spacial score (nSPS) is 11.1. The van der Waals surface area contributed by atoms with E-state index < -0.39 is 41.7 Å². The van der Waals surface area contributed by atoms with E-state index in [1.54, 1.807) is 6.07 Å². The van der Waals surface area contributed by atoms with Gasteiger partial charge in [0.1, 0.15) is 5.82 Å². The fourth-order valence-electron chi connectivity index (χ4n) is 2.18. The molecule has 0 fully saturated rings. The first-order chi connectivity index (χ1) is 12.3. The van der Waals surface area contributed by atoms with Crippen molar-refractivity contribution in [1.29, 1.82) is 0 Å². The zero-order valence-electron chi connectivity index (χ0n) is 13.5. The van der Waals surface area contributed by atoms with Gasteiger partial charge in [-0.1, -0.05) is 30.3 Å². The Morgan fingerprint density at radius 2 is 1.65 bits per heavy atom. The first-order valence-corrected chi connectivity index (χ1v) is 7.62. The van der Waals surface area contributed by atoms with Crippen LogP contribution in [-0.2, 0) is 26.9 Å². The molecule has 0 saturated carbocycles. The summed E-state index contributed by atoms with van der Waals surface area (Å²) >= 11 is 0. The fourth-order valence-corrected chi connectivity index (χ4v) is 2.18. The number of carbonyl (C=O) groups is 2. The standard InChI is InChI=1S/C18H15F4NO3/c19-14-7-3-1-5-12(14)9-10-17(25)26-11-16(24)23-15-8-4-2-6-13(15)18(20,21)22/h1-8H,9-11H2,(H,23,24). The highest BCUT2D eigenvalue weighted by atomic mass is 19.4. The maximum absolute atomic E-state index is 13.4. The van der Waals surface area contributed by atoms with Crippen LogP contribution in [0.25, 0.3) is 0 Å². The van der Waals surface area contributed by atoms with Crippen molar-refractivity contribution in [2.75, 3.05) is 11.9 Å². The highest BCUT2D eigenvalue weighted by molar-refractivity contribution is 5.93. The maximum Gasteiger partial charge on any atom is 0.418 e. The molecule has 0 aromatic heterocycles. The van der Waals surface area contributed by atoms with Crippen molar-refractivity contribution in [2.24, 2.45) is 0 Å². The first kappa shape index (κ1) is 19.4. The van der Waals surface area contributed by atoms with E-state index in [1.807, 2.05) is 0 Å². The van der Waals surface area contributed by atoms with Gasteiger partial charge in [0.2, 0.25) is 0 Å². The monoisotopic (exact) mass is 369 g/mol. The lowest BCUT2D eigenvalue weighted by Gasteiger charge is -2.13. The lowest BCUT2D eigenvalue weighted by molar-refractivity contribution is -0.147. The summed E-state index contributed by atoms with van der Waals surface area (Å²) in [5.74, 6) is -2.12. The molecule has 0 unspecified atom stereocenters. The molecule has 0 heterocycles. The molecule has 26 heavy (non-hydrogen) atoms. The van der Waals surface area contributed by atoms with E-state index >= 15 is 0 Å². The molecule has 8 heteroatoms. The number of alkyl halides is 3. The number of para-hydroxylation sites is 1. The molecule has 4 nitrogen and oxygen atoms in total. The van der Waals surface area contributed by atoms with Crippen molar-refractivity contribution in [3.05, 3.63) is 65.5 Å². The summed E-state index contributed by atoms with van der Waals surface area (Å²) in [5.41, 5.74) is -1.10. The largest absolute Gasteiger partial charge is 0.456 e. The minimum absolute atomic E-state index is 0.0873. The Morgan fingerprint density at radius 3 is 2.35 bits per heavy atom. The Morgan fingerprint density at radius 1 is 1.00 bits per heavy atom. The quantitative estimate of drug-likeness (QED) is 0.620. The van der Waals surface area contributed by atoms with Gasteiger partial charge < -0.3 is 10.1 Å². The lowest BCUT2D eigenvalue weighted by Crippen LogP contribution is -2.22. The average Bonchev–Trinajstić information content (AvgIpc) is 2.59. The van der Waals surface area contributed by atoms with E-state index in [4.69, 9.17) is 4.74 Å². The zero-order chi connectivity index (χ0) is 19.2. The second kappa shape index (κ2) is 8.46. The van der Waals surface area contributed by atoms with Gasteiger partial charge in [-0.05, 0) is 30.2 Å². The van der Waals surface area contributed by atoms with Crippen LogP contribution in [0.5, 0.6) is 0 Å². The van der Waals surface area contributed by atoms with E-state index in [2.05, 4.69) is 5.32 Å². The predicted molar refractivity (Wildman–Crippen MR) is 85.8 cm³/mol. The third-order valence-electron chi connectivity index (χ3n) is 3.43. The molecule has 1 N–H and O–H groups in total. The number of hydrogen-bond donors (Lipinski definition) is 1. The molecule has 0 aliphatic rings. The van der Waals surface area contributed by atoms with Crippen LogP contribution < -0.4 is 5.32 Å². The van der Waals surface area contributed by atoms with Gasteiger partial charge >= 0.3 is 12.1 Å². The smallest absolute Gasteiger partial charge is 0.418 e. The van der Waals surface area contributed by atoms with Crippen molar-refractivity contribution in [3.8, 4) is 0 Å². The van der Waals surface area contributed by atoms with Gasteiger partial charge in [0.15, 0.2) is 6.61 Å². The van der Waals surface area contributed by atoms with Crippen LogP contribution in [-0.4, -0.2) is 18.5 Å². The van der Waals surface area contributed by atoms with E-state index in [0.717, 1.165) is 12.1 Å². The van der Waals surface area contributed by atoms with Crippen LogP contribution in [0, 0.1) is 5.82 Å². The summed E-state index contributed by atoms with van der Waals surface area (Å²) in [6.07, 6.45) is -4.70. The molecule has 0 radical (unpaired) electrons. The maximum atomic E-state index is 13.4. The topological polar surface area (TPSA) is 55.4 Å². The van der Waals surface area contributed by atoms with Crippen LogP contribution in [0.1, 0.15) is 17.5 Å². The van der Waals surface area contributed by atoms with Crippen LogP contribution in [0.3, 0.4) is 0 Å². The van der Waals surface area contributed by atoms with Crippen LogP contribution in [0.2, 0.25) is 0 Å². The Bertz CT molecular complexity index is 790. The second-order valence-electron chi connectivity index (χ2n) is 5.34. The number of aryl methyl sites for hydroxylation is 1. The summed E-state index contributed by atoms with van der Waals surface area (Å²) in [7, 11) is 0. The van der Waals surface area contributed by atoms with Crippen molar-refractivity contribution < 1.29 is 31.9 Å². The molecular formula is C18H15F4NO3. The van der Waals surface area contributed by atoms with Gasteiger partial charge in [0, 0.05) is 6.42 Å². The van der Waals surface area contributed by atoms with Crippen molar-refractivity contribution in [1.82, 2.24) is 0 Å². The molecule has 0 bridgehead atoms. The summed E-state index contributed by atoms with van der Waals surface area (Å²) in [6, 6.07) is 10.4. The van der Waals surface area contributed by atoms with Crippen LogP contribution >= 0.6 is 0 Å². The zero-order valence-corrected chi connectivity index (χ0v) is 13.5. The van der Waals surface area contributed by atoms with E-state index in [-0.39, 0.29) is 12.8 Å². The van der Waals surface area contributed by atoms with Gasteiger partial charge in [-0.25, -0.2) is 4.39 Å². The number of esters is 1. The lowest BCUT2D eigenvalue weighted by atomic mass is 10.1. The minimum Gasteiger partial charge on any atom is -0.456 e. The Kier molecular flexibility index (Phi) is 6.32. The number of benzene rings is 2. The van der Waals surface area contributed by atoms with Crippen LogP contribution in [0.15, 0.2) is 48.5 Å². The summed E-state index contributed by atoms with van der Waals surface area (Å²) < 4.78 is 56.7. The van der Waals surface area contributed by atoms with Gasteiger partial charge in [-0.15, -0.1) is 0 Å². The van der Waals surface area contributed by atoms with Gasteiger partial charge in [0.25, 0.3) is 5.91 Å². The highest BCUT2D eigenvalue weighted by Crippen LogP contribution is 2.34. The van der Waals surface area contributed by atoms with E-state index in [0.29, 0.717) is 5.56 Å². The number of nitrogens with one attached hydrogen (secondary N) is 1. The molecule has 2 aromatic carbocycles. The summed E-state index contributed by atoms with van der Waals surface area (Å²) in [6.45, 7) is -0.734.